The standard InChI is InChI=1S/C22H33NO2/c1-14(2)18-9-10-19-17(6-5-11-22(18,19)4)8-7-16-12-20(23-25)15(3)21(24)13-16/h7-8,14,18-21,24H,3,5-6,9-13H2,1-2,4H3/b16-7+,17-8+/t18?,19?,20-,21-,22-/m1/s1. The third kappa shape index (κ3) is 3.40. The molecule has 0 aliphatic heterocycles. The van der Waals surface area contributed by atoms with Crippen LogP contribution in [0, 0.1) is 28.1 Å². The molecule has 0 aromatic carbocycles. The predicted octanol–water partition coefficient (Wildman–Crippen LogP) is 5.56. The number of allylic oxidation sites excluding steroid dienone is 3. The first kappa shape index (κ1) is 18.6. The van der Waals surface area contributed by atoms with Crippen LogP contribution in [0.25, 0.3) is 0 Å². The Labute approximate surface area is 152 Å². The van der Waals surface area contributed by atoms with Gasteiger partial charge in [0.1, 0.15) is 6.04 Å². The van der Waals surface area contributed by atoms with Gasteiger partial charge in [0, 0.05) is 0 Å². The molecule has 0 amide bonds. The van der Waals surface area contributed by atoms with E-state index in [0.29, 0.717) is 29.7 Å². The first-order valence-electron chi connectivity index (χ1n) is 9.94. The maximum Gasteiger partial charge on any atom is 0.119 e. The van der Waals surface area contributed by atoms with Gasteiger partial charge in [-0.05, 0) is 73.7 Å². The molecular formula is C22H33NO2. The Morgan fingerprint density at radius 3 is 2.72 bits per heavy atom. The van der Waals surface area contributed by atoms with Crippen LogP contribution in [0.5, 0.6) is 0 Å². The van der Waals surface area contributed by atoms with E-state index >= 15 is 0 Å². The van der Waals surface area contributed by atoms with Crippen LogP contribution in [-0.4, -0.2) is 17.3 Å². The Bertz CT molecular complexity index is 603. The second-order valence-electron chi connectivity index (χ2n) is 9.03. The van der Waals surface area contributed by atoms with E-state index in [4.69, 9.17) is 0 Å². The lowest BCUT2D eigenvalue weighted by Gasteiger charge is -2.43. The Kier molecular flexibility index (Phi) is 5.34. The van der Waals surface area contributed by atoms with Crippen LogP contribution in [-0.2, 0) is 0 Å². The van der Waals surface area contributed by atoms with Gasteiger partial charge >= 0.3 is 0 Å². The lowest BCUT2D eigenvalue weighted by Crippen LogP contribution is -2.35. The van der Waals surface area contributed by atoms with Crippen molar-refractivity contribution in [2.45, 2.75) is 77.9 Å². The molecule has 3 saturated carbocycles. The molecule has 0 aromatic heterocycles. The molecule has 0 bridgehead atoms. The summed E-state index contributed by atoms with van der Waals surface area (Å²) in [4.78, 5) is 11.0. The number of rotatable bonds is 3. The Hall–Kier alpha value is -1.22. The van der Waals surface area contributed by atoms with Crippen LogP contribution in [0.15, 0.2) is 40.6 Å². The van der Waals surface area contributed by atoms with Crippen molar-refractivity contribution in [3.05, 3.63) is 40.4 Å². The zero-order valence-electron chi connectivity index (χ0n) is 16.0. The topological polar surface area (TPSA) is 49.7 Å². The van der Waals surface area contributed by atoms with Gasteiger partial charge in [0.25, 0.3) is 0 Å². The van der Waals surface area contributed by atoms with Crippen molar-refractivity contribution in [3.63, 3.8) is 0 Å². The Morgan fingerprint density at radius 2 is 2.04 bits per heavy atom. The number of nitroso groups, excluding NO2 is 1. The third-order valence-corrected chi connectivity index (χ3v) is 7.27. The summed E-state index contributed by atoms with van der Waals surface area (Å²) < 4.78 is 0. The first-order valence-corrected chi connectivity index (χ1v) is 9.94. The summed E-state index contributed by atoms with van der Waals surface area (Å²) in [5, 5.41) is 13.3. The van der Waals surface area contributed by atoms with Crippen LogP contribution < -0.4 is 0 Å². The van der Waals surface area contributed by atoms with Crippen LogP contribution in [0.3, 0.4) is 0 Å². The van der Waals surface area contributed by atoms with E-state index in [0.717, 1.165) is 17.4 Å². The second kappa shape index (κ2) is 7.19. The van der Waals surface area contributed by atoms with E-state index in [1.165, 1.54) is 32.1 Å². The van der Waals surface area contributed by atoms with E-state index in [2.05, 4.69) is 44.7 Å². The van der Waals surface area contributed by atoms with Gasteiger partial charge in [0.2, 0.25) is 0 Å². The number of aliphatic hydroxyl groups excluding tert-OH is 1. The van der Waals surface area contributed by atoms with E-state index < -0.39 is 12.1 Å². The molecule has 3 aliphatic carbocycles. The predicted molar refractivity (Wildman–Crippen MR) is 103 cm³/mol. The van der Waals surface area contributed by atoms with Gasteiger partial charge in [-0.1, -0.05) is 55.8 Å². The van der Waals surface area contributed by atoms with Gasteiger partial charge in [-0.2, -0.15) is 4.91 Å². The van der Waals surface area contributed by atoms with Crippen LogP contribution in [0.2, 0.25) is 0 Å². The van der Waals surface area contributed by atoms with Crippen molar-refractivity contribution in [3.8, 4) is 0 Å². The van der Waals surface area contributed by atoms with Gasteiger partial charge in [-0.3, -0.25) is 0 Å². The zero-order chi connectivity index (χ0) is 18.2. The summed E-state index contributed by atoms with van der Waals surface area (Å²) in [6.45, 7) is 11.1. The highest BCUT2D eigenvalue weighted by atomic mass is 16.3. The number of nitrogens with zero attached hydrogens (tertiary/aromatic N) is 1. The zero-order valence-corrected chi connectivity index (χ0v) is 16.0. The van der Waals surface area contributed by atoms with Crippen molar-refractivity contribution >= 4 is 0 Å². The van der Waals surface area contributed by atoms with Crippen molar-refractivity contribution in [2.24, 2.45) is 28.3 Å². The van der Waals surface area contributed by atoms with E-state index in [-0.39, 0.29) is 0 Å². The molecule has 1 N–H and O–H groups in total. The fourth-order valence-corrected chi connectivity index (χ4v) is 5.90. The average Bonchev–Trinajstić information content (AvgIpc) is 2.93. The summed E-state index contributed by atoms with van der Waals surface area (Å²) in [6.07, 6.45) is 11.5. The summed E-state index contributed by atoms with van der Waals surface area (Å²) in [6, 6.07) is -0.471. The molecule has 138 valence electrons. The minimum Gasteiger partial charge on any atom is -0.388 e. The highest BCUT2D eigenvalue weighted by Crippen LogP contribution is 2.59. The molecule has 0 radical (unpaired) electrons. The van der Waals surface area contributed by atoms with Crippen molar-refractivity contribution in [1.29, 1.82) is 0 Å². The van der Waals surface area contributed by atoms with Crippen molar-refractivity contribution in [2.75, 3.05) is 0 Å². The van der Waals surface area contributed by atoms with Gasteiger partial charge in [0.15, 0.2) is 0 Å². The molecule has 3 rings (SSSR count). The number of hydrogen-bond acceptors (Lipinski definition) is 3. The summed E-state index contributed by atoms with van der Waals surface area (Å²) in [7, 11) is 0. The lowest BCUT2D eigenvalue weighted by molar-refractivity contribution is 0.104. The van der Waals surface area contributed by atoms with E-state index in [1.807, 2.05) is 0 Å². The van der Waals surface area contributed by atoms with Gasteiger partial charge in [-0.25, -0.2) is 0 Å². The molecule has 0 saturated heterocycles. The highest BCUT2D eigenvalue weighted by Gasteiger charge is 2.49. The quantitative estimate of drug-likeness (QED) is 0.539. The summed E-state index contributed by atoms with van der Waals surface area (Å²) in [5.41, 5.74) is 3.73. The Balaban J connectivity index is 1.80. The molecule has 0 spiro atoms. The summed E-state index contributed by atoms with van der Waals surface area (Å²) in [5.74, 6) is 2.29. The van der Waals surface area contributed by atoms with Crippen LogP contribution >= 0.6 is 0 Å². The van der Waals surface area contributed by atoms with E-state index in [1.54, 1.807) is 5.57 Å². The van der Waals surface area contributed by atoms with E-state index in [9.17, 15) is 10.0 Å². The number of hydrogen-bond donors (Lipinski definition) is 1. The highest BCUT2D eigenvalue weighted by molar-refractivity contribution is 5.30. The van der Waals surface area contributed by atoms with Gasteiger partial charge in [-0.15, -0.1) is 0 Å². The van der Waals surface area contributed by atoms with Crippen molar-refractivity contribution in [1.82, 2.24) is 0 Å². The monoisotopic (exact) mass is 343 g/mol. The van der Waals surface area contributed by atoms with Gasteiger partial charge < -0.3 is 5.11 Å². The smallest absolute Gasteiger partial charge is 0.119 e. The molecule has 0 aromatic rings. The largest absolute Gasteiger partial charge is 0.388 e. The maximum absolute atomic E-state index is 11.0. The van der Waals surface area contributed by atoms with Crippen molar-refractivity contribution < 1.29 is 5.11 Å². The minimum absolute atomic E-state index is 0.448. The minimum atomic E-state index is -0.630. The normalized spacial score (nSPS) is 42.2. The molecule has 2 unspecified atom stereocenters. The molecule has 5 atom stereocenters. The SMILES string of the molecule is C=C1[C@H](O)C/C(=C/C=C2\CCC[C@@]3(C)C2CCC3C(C)C)C[C@H]1N=O. The first-order chi connectivity index (χ1) is 11.9. The molecular weight excluding hydrogens is 310 g/mol. The molecule has 3 heteroatoms. The average molecular weight is 344 g/mol. The van der Waals surface area contributed by atoms with Gasteiger partial charge in [0.05, 0.1) is 6.10 Å². The molecule has 0 heterocycles. The summed E-state index contributed by atoms with van der Waals surface area (Å²) >= 11 is 0. The lowest BCUT2D eigenvalue weighted by atomic mass is 9.61. The Morgan fingerprint density at radius 1 is 1.28 bits per heavy atom. The fraction of sp³-hybridized carbons (Fsp3) is 0.727. The fourth-order valence-electron chi connectivity index (χ4n) is 5.90. The molecule has 25 heavy (non-hydrogen) atoms. The molecule has 3 fully saturated rings. The molecule has 3 nitrogen and oxygen atoms in total. The van der Waals surface area contributed by atoms with Crippen LogP contribution in [0.1, 0.15) is 65.7 Å². The second-order valence-corrected chi connectivity index (χ2v) is 9.03. The maximum atomic E-state index is 11.0. The van der Waals surface area contributed by atoms with Crippen LogP contribution in [0.4, 0.5) is 0 Å². The molecule has 3 aliphatic rings. The number of fused-ring (bicyclic) bond motifs is 1. The third-order valence-electron chi connectivity index (χ3n) is 7.27. The number of aliphatic hydroxyl groups is 1.